The van der Waals surface area contributed by atoms with Crippen LogP contribution in [0, 0.1) is 17.0 Å². The maximum absolute atomic E-state index is 14.8. The molecule has 3 aromatic rings. The van der Waals surface area contributed by atoms with Gasteiger partial charge in [-0.2, -0.15) is 0 Å². The van der Waals surface area contributed by atoms with E-state index in [0.717, 1.165) is 23.3 Å². The molecule has 0 bridgehead atoms. The Morgan fingerprint density at radius 1 is 1.15 bits per heavy atom. The van der Waals surface area contributed by atoms with Crippen molar-refractivity contribution in [1.29, 1.82) is 5.41 Å². The summed E-state index contributed by atoms with van der Waals surface area (Å²) < 4.78 is 40.5. The fourth-order valence-corrected chi connectivity index (χ4v) is 3.09. The number of rotatable bonds is 10. The van der Waals surface area contributed by atoms with Crippen LogP contribution < -0.4 is 15.8 Å². The van der Waals surface area contributed by atoms with E-state index in [9.17, 15) is 13.6 Å². The lowest BCUT2D eigenvalue weighted by molar-refractivity contribution is -0.133. The average Bonchev–Trinajstić information content (AvgIpc) is 2.81. The lowest BCUT2D eigenvalue weighted by Gasteiger charge is -2.19. The van der Waals surface area contributed by atoms with Crippen molar-refractivity contribution >= 4 is 11.7 Å². The lowest BCUT2D eigenvalue weighted by Crippen LogP contribution is -2.31. The van der Waals surface area contributed by atoms with Crippen LogP contribution in [-0.4, -0.2) is 23.3 Å². The van der Waals surface area contributed by atoms with Gasteiger partial charge in [-0.3, -0.25) is 15.2 Å². The summed E-state index contributed by atoms with van der Waals surface area (Å²) >= 11 is 0. The number of nitrogens with one attached hydrogen (secondary N) is 2. The number of amidine groups is 1. The van der Waals surface area contributed by atoms with E-state index in [4.69, 9.17) is 20.6 Å². The van der Waals surface area contributed by atoms with Crippen molar-refractivity contribution < 1.29 is 23.0 Å². The first-order valence-corrected chi connectivity index (χ1v) is 10.2. The molecule has 0 unspecified atom stereocenters. The minimum absolute atomic E-state index is 0.0150. The second-order valence-corrected chi connectivity index (χ2v) is 7.11. The predicted octanol–water partition coefficient (Wildman–Crippen LogP) is 3.62. The Morgan fingerprint density at radius 3 is 2.42 bits per heavy atom. The molecule has 7 nitrogen and oxygen atoms in total. The van der Waals surface area contributed by atoms with Gasteiger partial charge in [0.05, 0.1) is 5.56 Å². The van der Waals surface area contributed by atoms with E-state index in [-0.39, 0.29) is 31.3 Å². The standard InChI is InChI=1S/C24H24F2N4O3/c1-2-32-22(24(31)30-13-15-5-7-17(8-6-15)23(27)28)21-19(25)10-18(11-20(21)26)33-14-16-4-3-9-29-12-16/h3-12,22H,2,13-14H2,1H3,(H3,27,28)(H,30,31)/t22-/m0/s1. The second kappa shape index (κ2) is 11.1. The Kier molecular flexibility index (Phi) is 8.04. The van der Waals surface area contributed by atoms with Crippen molar-refractivity contribution in [3.05, 3.63) is 94.8 Å². The van der Waals surface area contributed by atoms with Crippen molar-refractivity contribution in [2.45, 2.75) is 26.2 Å². The number of carbonyl (C=O) groups is 1. The van der Waals surface area contributed by atoms with Crippen molar-refractivity contribution in [3.8, 4) is 5.75 Å². The smallest absolute Gasteiger partial charge is 0.254 e. The largest absolute Gasteiger partial charge is 0.489 e. The molecule has 0 aliphatic carbocycles. The summed E-state index contributed by atoms with van der Waals surface area (Å²) in [6.45, 7) is 1.89. The zero-order valence-electron chi connectivity index (χ0n) is 18.0. The molecule has 1 heterocycles. The number of ether oxygens (including phenoxy) is 2. The third kappa shape index (κ3) is 6.33. The predicted molar refractivity (Wildman–Crippen MR) is 119 cm³/mol. The Morgan fingerprint density at radius 2 is 1.85 bits per heavy atom. The minimum atomic E-state index is -1.47. The SMILES string of the molecule is CCO[C@H](C(=O)NCc1ccc(C(=N)N)cc1)c1c(F)cc(OCc2cccnc2)cc1F. The van der Waals surface area contributed by atoms with Gasteiger partial charge < -0.3 is 20.5 Å². The Balaban J connectivity index is 1.71. The topological polar surface area (TPSA) is 110 Å². The van der Waals surface area contributed by atoms with E-state index in [1.165, 1.54) is 0 Å². The Bertz CT molecular complexity index is 1090. The molecule has 1 aromatic heterocycles. The average molecular weight is 454 g/mol. The summed E-state index contributed by atoms with van der Waals surface area (Å²) in [5.74, 6) is -2.67. The molecule has 0 radical (unpaired) electrons. The highest BCUT2D eigenvalue weighted by Crippen LogP contribution is 2.29. The number of aromatic nitrogens is 1. The van der Waals surface area contributed by atoms with Crippen LogP contribution in [-0.2, 0) is 22.7 Å². The van der Waals surface area contributed by atoms with Gasteiger partial charge in [-0.25, -0.2) is 8.78 Å². The van der Waals surface area contributed by atoms with Gasteiger partial charge in [0.1, 0.15) is 29.8 Å². The highest BCUT2D eigenvalue weighted by atomic mass is 19.1. The molecule has 33 heavy (non-hydrogen) atoms. The lowest BCUT2D eigenvalue weighted by atomic mass is 10.1. The second-order valence-electron chi connectivity index (χ2n) is 7.11. The van der Waals surface area contributed by atoms with E-state index in [2.05, 4.69) is 10.3 Å². The summed E-state index contributed by atoms with van der Waals surface area (Å²) in [5, 5.41) is 10.0. The highest BCUT2D eigenvalue weighted by molar-refractivity contribution is 5.94. The summed E-state index contributed by atoms with van der Waals surface area (Å²) in [5.41, 5.74) is 6.95. The van der Waals surface area contributed by atoms with E-state index < -0.39 is 29.2 Å². The molecule has 0 aliphatic heterocycles. The number of amides is 1. The van der Waals surface area contributed by atoms with Crippen LogP contribution in [0.25, 0.3) is 0 Å². The van der Waals surface area contributed by atoms with Crippen LogP contribution in [0.2, 0.25) is 0 Å². The summed E-state index contributed by atoms with van der Waals surface area (Å²) in [6, 6.07) is 12.2. The van der Waals surface area contributed by atoms with Gasteiger partial charge in [0, 0.05) is 48.8 Å². The van der Waals surface area contributed by atoms with Gasteiger partial charge in [-0.15, -0.1) is 0 Å². The van der Waals surface area contributed by atoms with Gasteiger partial charge in [-0.1, -0.05) is 30.3 Å². The summed E-state index contributed by atoms with van der Waals surface area (Å²) in [6.07, 6.45) is 1.72. The third-order valence-electron chi connectivity index (χ3n) is 4.75. The van der Waals surface area contributed by atoms with Crippen molar-refractivity contribution in [2.75, 3.05) is 6.61 Å². The number of hydrogen-bond acceptors (Lipinski definition) is 5. The van der Waals surface area contributed by atoms with E-state index in [0.29, 0.717) is 5.56 Å². The normalized spacial score (nSPS) is 11.6. The Hall–Kier alpha value is -3.85. The first-order valence-electron chi connectivity index (χ1n) is 10.2. The quantitative estimate of drug-likeness (QED) is 0.320. The van der Waals surface area contributed by atoms with Gasteiger partial charge in [-0.05, 0) is 18.6 Å². The number of nitrogens with zero attached hydrogens (tertiary/aromatic N) is 1. The van der Waals surface area contributed by atoms with Crippen LogP contribution >= 0.6 is 0 Å². The molecule has 4 N–H and O–H groups in total. The van der Waals surface area contributed by atoms with Crippen LogP contribution in [0.15, 0.2) is 60.9 Å². The molecule has 0 spiro atoms. The first kappa shape index (κ1) is 23.8. The maximum Gasteiger partial charge on any atom is 0.254 e. The number of halogens is 2. The molecule has 0 saturated heterocycles. The van der Waals surface area contributed by atoms with Crippen LogP contribution in [0.5, 0.6) is 5.75 Å². The van der Waals surface area contributed by atoms with E-state index in [1.54, 1.807) is 55.7 Å². The molecule has 1 amide bonds. The van der Waals surface area contributed by atoms with Crippen LogP contribution in [0.4, 0.5) is 8.78 Å². The molecular weight excluding hydrogens is 430 g/mol. The molecule has 172 valence electrons. The molecule has 2 aromatic carbocycles. The van der Waals surface area contributed by atoms with Crippen molar-refractivity contribution in [2.24, 2.45) is 5.73 Å². The molecular formula is C24H24F2N4O3. The minimum Gasteiger partial charge on any atom is -0.489 e. The summed E-state index contributed by atoms with van der Waals surface area (Å²) in [4.78, 5) is 16.7. The van der Waals surface area contributed by atoms with E-state index in [1.807, 2.05) is 0 Å². The number of pyridine rings is 1. The zero-order chi connectivity index (χ0) is 23.8. The number of benzene rings is 2. The fourth-order valence-electron chi connectivity index (χ4n) is 3.09. The first-order chi connectivity index (χ1) is 15.9. The van der Waals surface area contributed by atoms with Gasteiger partial charge in [0.15, 0.2) is 6.10 Å². The molecule has 1 atom stereocenters. The molecule has 3 rings (SSSR count). The summed E-state index contributed by atoms with van der Waals surface area (Å²) in [7, 11) is 0. The monoisotopic (exact) mass is 454 g/mol. The van der Waals surface area contributed by atoms with Gasteiger partial charge >= 0.3 is 0 Å². The van der Waals surface area contributed by atoms with Crippen LogP contribution in [0.1, 0.15) is 35.3 Å². The number of carbonyl (C=O) groups excluding carboxylic acids is 1. The van der Waals surface area contributed by atoms with Crippen molar-refractivity contribution in [1.82, 2.24) is 10.3 Å². The number of nitrogen functional groups attached to an aromatic ring is 1. The Labute approximate surface area is 190 Å². The maximum atomic E-state index is 14.8. The molecule has 9 heteroatoms. The van der Waals surface area contributed by atoms with E-state index >= 15 is 0 Å². The zero-order valence-corrected chi connectivity index (χ0v) is 18.0. The number of nitrogens with two attached hydrogens (primary N) is 1. The van der Waals surface area contributed by atoms with Crippen LogP contribution in [0.3, 0.4) is 0 Å². The number of hydrogen-bond donors (Lipinski definition) is 3. The molecule has 0 fully saturated rings. The van der Waals surface area contributed by atoms with Gasteiger partial charge in [0.25, 0.3) is 5.91 Å². The van der Waals surface area contributed by atoms with Gasteiger partial charge in [0.2, 0.25) is 0 Å². The highest BCUT2D eigenvalue weighted by Gasteiger charge is 2.28. The fraction of sp³-hybridized carbons (Fsp3) is 0.208. The third-order valence-corrected chi connectivity index (χ3v) is 4.75. The molecule has 0 aliphatic rings. The molecule has 0 saturated carbocycles. The van der Waals surface area contributed by atoms with Crippen molar-refractivity contribution in [3.63, 3.8) is 0 Å².